The third kappa shape index (κ3) is 19.6. The van der Waals surface area contributed by atoms with E-state index in [1.807, 2.05) is 0 Å². The molecule has 4 nitrogen and oxygen atoms in total. The van der Waals surface area contributed by atoms with Crippen molar-refractivity contribution in [2.75, 3.05) is 0 Å². The zero-order valence-electron chi connectivity index (χ0n) is 30.6. The molecule has 0 saturated heterocycles. The molecule has 250 valence electrons. The van der Waals surface area contributed by atoms with Gasteiger partial charge in [0.1, 0.15) is 0 Å². The van der Waals surface area contributed by atoms with E-state index < -0.39 is 0 Å². The summed E-state index contributed by atoms with van der Waals surface area (Å²) in [4.78, 5) is 0. The van der Waals surface area contributed by atoms with Crippen LogP contribution in [0.2, 0.25) is 0 Å². The van der Waals surface area contributed by atoms with Gasteiger partial charge in [0.2, 0.25) is 0 Å². The van der Waals surface area contributed by atoms with Crippen LogP contribution in [0.25, 0.3) is 0 Å². The molecule has 2 aliphatic carbocycles. The zero-order valence-corrected chi connectivity index (χ0v) is 32.9. The minimum absolute atomic E-state index is 0. The van der Waals surface area contributed by atoms with E-state index in [2.05, 4.69) is 177 Å². The molecule has 44 heavy (non-hydrogen) atoms. The van der Waals surface area contributed by atoms with Gasteiger partial charge in [-0.25, -0.2) is 0 Å². The van der Waals surface area contributed by atoms with Gasteiger partial charge in [-0.15, -0.1) is 0 Å². The summed E-state index contributed by atoms with van der Waals surface area (Å²) in [7, 11) is 0. The van der Waals surface area contributed by atoms with Crippen LogP contribution in [0.4, 0.5) is 0 Å². The molecule has 2 fully saturated rings. The SMILES string of the molecule is CC(C)(C)[C]1[CH][C](C(C)(C)C)[C](C(C)(C)C)[CH]1.CC(C)(C)[C]1[CH][C](C(C)(C)C)[C](C(C)(C)C)[CH]1.[C-]#[O+].[C-]#[O+].[C-]#[O+].[C-]#[O+].[Fe].[Fe]. The molecule has 6 heteroatoms. The smallest absolute Gasteiger partial charge is 0 e. The van der Waals surface area contributed by atoms with Crippen LogP contribution in [0.15, 0.2) is 0 Å². The second-order valence-electron chi connectivity index (χ2n) is 16.6. The molecule has 0 spiro atoms. The molecule has 0 atom stereocenters. The monoisotopic (exact) mass is 690 g/mol. The van der Waals surface area contributed by atoms with Crippen molar-refractivity contribution >= 4 is 0 Å². The van der Waals surface area contributed by atoms with E-state index in [4.69, 9.17) is 18.6 Å². The fraction of sp³-hybridized carbons (Fsp3) is 0.632. The summed E-state index contributed by atoms with van der Waals surface area (Å²) >= 11 is 0. The van der Waals surface area contributed by atoms with Gasteiger partial charge >= 0.3 is 45.2 Å². The van der Waals surface area contributed by atoms with E-state index in [-0.39, 0.29) is 66.6 Å². The average molecular weight is 691 g/mol. The predicted molar refractivity (Wildman–Crippen MR) is 169 cm³/mol. The zero-order chi connectivity index (χ0) is 35.3. The maximum absolute atomic E-state index is 7.50. The van der Waals surface area contributed by atoms with E-state index in [9.17, 15) is 0 Å². The van der Waals surface area contributed by atoms with Gasteiger partial charge in [0, 0.05) is 34.1 Å². The summed E-state index contributed by atoms with van der Waals surface area (Å²) in [5.74, 6) is 8.97. The van der Waals surface area contributed by atoms with Crippen LogP contribution in [0.3, 0.4) is 0 Å². The molecule has 2 rings (SSSR count). The maximum atomic E-state index is 7.50. The Morgan fingerprint density at radius 2 is 0.409 bits per heavy atom. The van der Waals surface area contributed by atoms with Crippen molar-refractivity contribution in [3.8, 4) is 0 Å². The first kappa shape index (κ1) is 56.3. The molecule has 0 N–H and O–H groups in total. The van der Waals surface area contributed by atoms with Crippen molar-refractivity contribution in [2.45, 2.75) is 125 Å². The molecule has 2 aliphatic rings. The van der Waals surface area contributed by atoms with E-state index in [1.54, 1.807) is 0 Å². The molecule has 10 radical (unpaired) electrons. The van der Waals surface area contributed by atoms with Crippen LogP contribution >= 0.6 is 0 Å². The summed E-state index contributed by atoms with van der Waals surface area (Å²) in [6.07, 6.45) is 9.67. The van der Waals surface area contributed by atoms with Crippen LogP contribution in [0, 0.1) is 120 Å². The summed E-state index contributed by atoms with van der Waals surface area (Å²) in [6.45, 7) is 59.5. The molecule has 0 unspecified atom stereocenters. The van der Waals surface area contributed by atoms with Crippen LogP contribution in [-0.2, 0) is 52.7 Å². The maximum Gasteiger partial charge on any atom is 0 e. The minimum atomic E-state index is 0. The van der Waals surface area contributed by atoms with E-state index >= 15 is 0 Å². The summed E-state index contributed by atoms with van der Waals surface area (Å²) < 4.78 is 30.0. The molecule has 0 aromatic rings. The van der Waals surface area contributed by atoms with E-state index in [1.165, 1.54) is 35.5 Å². The normalized spacial score (nSPS) is 17.5. The fourth-order valence-corrected chi connectivity index (χ4v) is 4.36. The second-order valence-corrected chi connectivity index (χ2v) is 16.6. The van der Waals surface area contributed by atoms with Gasteiger partial charge in [-0.3, -0.25) is 0 Å². The third-order valence-corrected chi connectivity index (χ3v) is 6.74. The number of rotatable bonds is 0. The van der Waals surface area contributed by atoms with Crippen molar-refractivity contribution in [3.05, 3.63) is 87.8 Å². The van der Waals surface area contributed by atoms with Gasteiger partial charge < -0.3 is 0 Å². The Kier molecular flexibility index (Phi) is 28.9. The molecule has 0 aliphatic heterocycles. The third-order valence-electron chi connectivity index (χ3n) is 6.74. The summed E-state index contributed by atoms with van der Waals surface area (Å²) in [6, 6.07) is 0. The Bertz CT molecular complexity index is 687. The first-order chi connectivity index (χ1) is 18.7. The Balaban J connectivity index is -0.000000129. The molecular formula is C38H58Fe2O4. The van der Waals surface area contributed by atoms with Gasteiger partial charge in [0.25, 0.3) is 0 Å². The quantitative estimate of drug-likeness (QED) is 0.138. The van der Waals surface area contributed by atoms with Gasteiger partial charge in [0.05, 0.1) is 0 Å². The summed E-state index contributed by atoms with van der Waals surface area (Å²) in [5.41, 5.74) is 1.39. The molecule has 0 aromatic heterocycles. The van der Waals surface area contributed by atoms with Gasteiger partial charge in [0.15, 0.2) is 0 Å². The van der Waals surface area contributed by atoms with Crippen LogP contribution < -0.4 is 0 Å². The van der Waals surface area contributed by atoms with Gasteiger partial charge in [-0.2, -0.15) is 0 Å². The van der Waals surface area contributed by atoms with Crippen molar-refractivity contribution in [1.82, 2.24) is 0 Å². The first-order valence-electron chi connectivity index (χ1n) is 14.1. The summed E-state index contributed by atoms with van der Waals surface area (Å²) in [5, 5.41) is 0. The number of hydrogen-bond donors (Lipinski definition) is 0. The second kappa shape index (κ2) is 22.5. The van der Waals surface area contributed by atoms with Crippen LogP contribution in [0.5, 0.6) is 0 Å². The van der Waals surface area contributed by atoms with Crippen molar-refractivity contribution in [2.24, 2.45) is 32.5 Å². The van der Waals surface area contributed by atoms with Crippen molar-refractivity contribution < 1.29 is 52.7 Å². The first-order valence-corrected chi connectivity index (χ1v) is 14.1. The van der Waals surface area contributed by atoms with Crippen LogP contribution in [0.1, 0.15) is 125 Å². The van der Waals surface area contributed by atoms with E-state index in [0.717, 1.165) is 0 Å². The Hall–Kier alpha value is -0.00104. The van der Waals surface area contributed by atoms with Crippen molar-refractivity contribution in [3.63, 3.8) is 0 Å². The Morgan fingerprint density at radius 1 is 0.295 bits per heavy atom. The molecular weight excluding hydrogens is 632 g/mol. The molecule has 2 saturated carbocycles. The molecule has 0 aromatic carbocycles. The molecule has 0 heterocycles. The van der Waals surface area contributed by atoms with Gasteiger partial charge in [-0.1, -0.05) is 125 Å². The Labute approximate surface area is 296 Å². The largest absolute Gasteiger partial charge is 0 e. The fourth-order valence-electron chi connectivity index (χ4n) is 4.36. The average Bonchev–Trinajstić information content (AvgIpc) is 3.50. The predicted octanol–water partition coefficient (Wildman–Crippen LogP) is 10.4. The Morgan fingerprint density at radius 3 is 0.477 bits per heavy atom. The van der Waals surface area contributed by atoms with Gasteiger partial charge in [-0.05, 0) is 93.7 Å². The molecule has 0 bridgehead atoms. The minimum Gasteiger partial charge on any atom is 0 e. The van der Waals surface area contributed by atoms with Crippen molar-refractivity contribution in [1.29, 1.82) is 0 Å². The van der Waals surface area contributed by atoms with E-state index in [0.29, 0.717) is 0 Å². The topological polar surface area (TPSA) is 79.6 Å². The van der Waals surface area contributed by atoms with Crippen LogP contribution in [-0.4, -0.2) is 0 Å². The number of hydrogen-bond acceptors (Lipinski definition) is 0. The molecule has 0 amide bonds. The standard InChI is InChI=1S/2C17H29.4CO.2Fe/c2*1-15(2,3)12-10-13(16(4,5)6)14(11-12)17(7,8)9;4*1-2;;/h2*10-11H,1-9H3;;;;;;.